The molecule has 1 saturated carbocycles. The van der Waals surface area contributed by atoms with Crippen LogP contribution in [-0.4, -0.2) is 70.6 Å². The number of rotatable bonds is 5. The summed E-state index contributed by atoms with van der Waals surface area (Å²) in [6, 6.07) is 5.47. The quantitative estimate of drug-likeness (QED) is 0.583. The minimum absolute atomic E-state index is 0.162. The molecule has 0 bridgehead atoms. The summed E-state index contributed by atoms with van der Waals surface area (Å²) in [4.78, 5) is 18.0. The molecule has 2 N–H and O–H groups in total. The summed E-state index contributed by atoms with van der Waals surface area (Å²) < 4.78 is 12.9. The number of methoxy groups -OCH3 is 1. The van der Waals surface area contributed by atoms with Crippen LogP contribution in [0.25, 0.3) is 10.9 Å². The second-order valence-corrected chi connectivity index (χ2v) is 10.6. The minimum Gasteiger partial charge on any atom is -0.497 e. The highest BCUT2D eigenvalue weighted by Crippen LogP contribution is 2.50. The second-order valence-electron chi connectivity index (χ2n) is 10.6. The molecule has 3 aromatic rings. The predicted molar refractivity (Wildman–Crippen MR) is 132 cm³/mol. The van der Waals surface area contributed by atoms with E-state index in [1.165, 1.54) is 23.8 Å². The third-order valence-electron chi connectivity index (χ3n) is 8.11. The number of nitrogens with one attached hydrogen (secondary N) is 1. The Morgan fingerprint density at radius 1 is 1.29 bits per heavy atom. The average molecular weight is 480 g/mol. The van der Waals surface area contributed by atoms with Gasteiger partial charge in [0.15, 0.2) is 5.76 Å². The van der Waals surface area contributed by atoms with Crippen molar-refractivity contribution in [2.75, 3.05) is 45.2 Å². The van der Waals surface area contributed by atoms with Crippen LogP contribution in [0.3, 0.4) is 0 Å². The number of aliphatic hydroxyl groups is 1. The molecular weight excluding hydrogens is 446 g/mol. The minimum atomic E-state index is -0.461. The standard InChI is InChI=1S/C26H33N5O4/c1-15-23(16(2)35-28-15)27-25(33)31-14-26(12-30(13-26)10-17-5-6-17)22-19-8-7-18(34-4)9-20(19)29(3)24(22)21(31)11-32/h7-9,17,21,32H,5-6,10-14H2,1-4H3,(H,27,33)/t21-/m0/s1. The van der Waals surface area contributed by atoms with Gasteiger partial charge < -0.3 is 34.1 Å². The van der Waals surface area contributed by atoms with Gasteiger partial charge in [0.25, 0.3) is 0 Å². The summed E-state index contributed by atoms with van der Waals surface area (Å²) in [5.41, 5.74) is 4.38. The maximum atomic E-state index is 13.7. The highest BCUT2D eigenvalue weighted by Gasteiger charge is 2.54. The molecule has 2 fully saturated rings. The number of ether oxygens (including phenoxy) is 1. The average Bonchev–Trinajstić information content (AvgIpc) is 3.54. The first kappa shape index (κ1) is 22.4. The lowest BCUT2D eigenvalue weighted by atomic mass is 9.68. The van der Waals surface area contributed by atoms with E-state index in [0.717, 1.165) is 42.5 Å². The van der Waals surface area contributed by atoms with Gasteiger partial charge >= 0.3 is 6.03 Å². The van der Waals surface area contributed by atoms with Crippen LogP contribution in [0.1, 0.15) is 41.6 Å². The van der Waals surface area contributed by atoms with E-state index < -0.39 is 6.04 Å². The van der Waals surface area contributed by atoms with Crippen LogP contribution in [0, 0.1) is 19.8 Å². The molecule has 1 atom stereocenters. The van der Waals surface area contributed by atoms with E-state index in [4.69, 9.17) is 9.26 Å². The molecule has 2 aliphatic heterocycles. The molecule has 2 aromatic heterocycles. The van der Waals surface area contributed by atoms with Crippen LogP contribution in [-0.2, 0) is 12.5 Å². The summed E-state index contributed by atoms with van der Waals surface area (Å²) in [6.07, 6.45) is 2.64. The molecule has 4 heterocycles. The number of hydrogen-bond donors (Lipinski definition) is 2. The predicted octanol–water partition coefficient (Wildman–Crippen LogP) is 3.34. The van der Waals surface area contributed by atoms with Crippen molar-refractivity contribution >= 4 is 22.6 Å². The zero-order valence-electron chi connectivity index (χ0n) is 20.8. The number of anilines is 1. The van der Waals surface area contributed by atoms with E-state index in [-0.39, 0.29) is 18.1 Å². The largest absolute Gasteiger partial charge is 0.497 e. The van der Waals surface area contributed by atoms with Crippen LogP contribution >= 0.6 is 0 Å². The molecule has 1 aliphatic carbocycles. The third-order valence-corrected chi connectivity index (χ3v) is 8.11. The second kappa shape index (κ2) is 7.99. The Labute approximate surface area is 204 Å². The molecule has 9 nitrogen and oxygen atoms in total. The van der Waals surface area contributed by atoms with Gasteiger partial charge in [-0.25, -0.2) is 4.79 Å². The number of nitrogens with zero attached hydrogens (tertiary/aromatic N) is 4. The molecule has 0 radical (unpaired) electrons. The van der Waals surface area contributed by atoms with Crippen molar-refractivity contribution < 1.29 is 19.2 Å². The fourth-order valence-electron chi connectivity index (χ4n) is 6.27. The van der Waals surface area contributed by atoms with E-state index in [0.29, 0.717) is 23.7 Å². The molecule has 2 amide bonds. The highest BCUT2D eigenvalue weighted by atomic mass is 16.5. The van der Waals surface area contributed by atoms with Gasteiger partial charge in [0.2, 0.25) is 0 Å². The number of likely N-dealkylation sites (tertiary alicyclic amines) is 1. The molecule has 0 unspecified atom stereocenters. The van der Waals surface area contributed by atoms with Gasteiger partial charge in [0.05, 0.1) is 25.3 Å². The fourth-order valence-corrected chi connectivity index (χ4v) is 6.27. The molecule has 3 aliphatic rings. The van der Waals surface area contributed by atoms with Crippen molar-refractivity contribution in [3.63, 3.8) is 0 Å². The van der Waals surface area contributed by atoms with E-state index in [9.17, 15) is 9.90 Å². The number of amides is 2. The first-order valence-electron chi connectivity index (χ1n) is 12.4. The topological polar surface area (TPSA) is 96.0 Å². The number of urea groups is 1. The first-order chi connectivity index (χ1) is 16.8. The lowest BCUT2D eigenvalue weighted by Gasteiger charge is -2.56. The molecule has 1 spiro atoms. The van der Waals surface area contributed by atoms with Gasteiger partial charge in [-0.15, -0.1) is 0 Å². The molecule has 186 valence electrons. The lowest BCUT2D eigenvalue weighted by Crippen LogP contribution is -2.67. The van der Waals surface area contributed by atoms with Crippen molar-refractivity contribution in [3.05, 3.63) is 40.9 Å². The Morgan fingerprint density at radius 3 is 2.69 bits per heavy atom. The Kier molecular flexibility index (Phi) is 5.12. The summed E-state index contributed by atoms with van der Waals surface area (Å²) in [5, 5.41) is 18.7. The van der Waals surface area contributed by atoms with Crippen LogP contribution in [0.5, 0.6) is 5.75 Å². The van der Waals surface area contributed by atoms with E-state index >= 15 is 0 Å². The van der Waals surface area contributed by atoms with Gasteiger partial charge in [-0.2, -0.15) is 0 Å². The molecule has 6 rings (SSSR count). The first-order valence-corrected chi connectivity index (χ1v) is 12.4. The smallest absolute Gasteiger partial charge is 0.322 e. The van der Waals surface area contributed by atoms with Crippen molar-refractivity contribution in [2.45, 2.75) is 38.1 Å². The van der Waals surface area contributed by atoms with Crippen LogP contribution < -0.4 is 10.1 Å². The number of aliphatic hydroxyl groups excluding tert-OH is 1. The Morgan fingerprint density at radius 2 is 2.06 bits per heavy atom. The zero-order chi connectivity index (χ0) is 24.5. The van der Waals surface area contributed by atoms with E-state index in [1.807, 2.05) is 26.1 Å². The molecular formula is C26H33N5O4. The van der Waals surface area contributed by atoms with Crippen LogP contribution in [0.2, 0.25) is 0 Å². The van der Waals surface area contributed by atoms with E-state index in [2.05, 4.69) is 26.0 Å². The Balaban J connectivity index is 1.44. The summed E-state index contributed by atoms with van der Waals surface area (Å²) in [5.74, 6) is 2.18. The van der Waals surface area contributed by atoms with Gasteiger partial charge in [0, 0.05) is 55.8 Å². The maximum absolute atomic E-state index is 13.7. The Hall–Kier alpha value is -3.04. The maximum Gasteiger partial charge on any atom is 0.322 e. The number of benzene rings is 1. The number of carbonyl (C=O) groups excluding carboxylic acids is 1. The number of hydrogen-bond acceptors (Lipinski definition) is 6. The van der Waals surface area contributed by atoms with Gasteiger partial charge in [0.1, 0.15) is 17.1 Å². The van der Waals surface area contributed by atoms with Crippen molar-refractivity contribution in [2.24, 2.45) is 13.0 Å². The molecule has 35 heavy (non-hydrogen) atoms. The monoisotopic (exact) mass is 479 g/mol. The molecule has 9 heteroatoms. The van der Waals surface area contributed by atoms with E-state index in [1.54, 1.807) is 18.9 Å². The highest BCUT2D eigenvalue weighted by molar-refractivity contribution is 5.93. The van der Waals surface area contributed by atoms with Crippen LogP contribution in [0.15, 0.2) is 22.7 Å². The van der Waals surface area contributed by atoms with Crippen molar-refractivity contribution in [3.8, 4) is 5.75 Å². The number of carbonyl (C=O) groups is 1. The lowest BCUT2D eigenvalue weighted by molar-refractivity contribution is 0.00993. The van der Waals surface area contributed by atoms with Crippen LogP contribution in [0.4, 0.5) is 10.5 Å². The summed E-state index contributed by atoms with van der Waals surface area (Å²) >= 11 is 0. The number of aryl methyl sites for hydroxylation is 3. The van der Waals surface area contributed by atoms with Gasteiger partial charge in [-0.3, -0.25) is 0 Å². The third kappa shape index (κ3) is 3.43. The summed E-state index contributed by atoms with van der Waals surface area (Å²) in [7, 11) is 3.69. The fraction of sp³-hybridized carbons (Fsp3) is 0.538. The van der Waals surface area contributed by atoms with Crippen molar-refractivity contribution in [1.82, 2.24) is 19.5 Å². The van der Waals surface area contributed by atoms with Gasteiger partial charge in [-0.1, -0.05) is 5.16 Å². The SMILES string of the molecule is COc1ccc2c3c(n(C)c2c1)[C@H](CO)N(C(=O)Nc1c(C)noc1C)CC31CN(CC2CC2)C1. The number of fused-ring (bicyclic) bond motifs is 4. The zero-order valence-corrected chi connectivity index (χ0v) is 20.8. The Bertz CT molecular complexity index is 1280. The summed E-state index contributed by atoms with van der Waals surface area (Å²) in [6.45, 7) is 6.93. The molecule has 1 saturated heterocycles. The normalized spacial score (nSPS) is 21.3. The number of aromatic nitrogens is 2. The van der Waals surface area contributed by atoms with Gasteiger partial charge in [-0.05, 0) is 50.3 Å². The molecule has 1 aromatic carbocycles. The van der Waals surface area contributed by atoms with Crippen molar-refractivity contribution in [1.29, 1.82) is 0 Å².